The molecule has 1 N–H and O–H groups in total. The molecule has 8 nitrogen and oxygen atoms in total. The van der Waals surface area contributed by atoms with E-state index in [9.17, 15) is 4.79 Å². The fourth-order valence-corrected chi connectivity index (χ4v) is 4.28. The molecular formula is C16H18N6O2S. The van der Waals surface area contributed by atoms with Gasteiger partial charge in [0.15, 0.2) is 5.69 Å². The zero-order chi connectivity index (χ0) is 17.4. The Morgan fingerprint density at radius 1 is 1.44 bits per heavy atom. The van der Waals surface area contributed by atoms with E-state index in [1.165, 1.54) is 11.8 Å². The number of carbonyl (C=O) groups is 1. The van der Waals surface area contributed by atoms with Gasteiger partial charge >= 0.3 is 5.97 Å². The van der Waals surface area contributed by atoms with Crippen LogP contribution in [0.25, 0.3) is 10.2 Å². The van der Waals surface area contributed by atoms with E-state index in [-0.39, 0.29) is 5.69 Å². The van der Waals surface area contributed by atoms with E-state index in [1.807, 2.05) is 0 Å². The van der Waals surface area contributed by atoms with Crippen molar-refractivity contribution in [1.82, 2.24) is 25.0 Å². The maximum Gasteiger partial charge on any atom is 0.358 e. The van der Waals surface area contributed by atoms with E-state index in [4.69, 9.17) is 5.11 Å². The SMILES string of the molecule is Cc1csc2ncnc(N3CCCC(Cn4cc(C(=O)O)nn4)C3)c12. The Morgan fingerprint density at radius 2 is 2.32 bits per heavy atom. The van der Waals surface area contributed by atoms with Crippen molar-refractivity contribution in [2.24, 2.45) is 5.92 Å². The Bertz CT molecular complexity index is 920. The quantitative estimate of drug-likeness (QED) is 0.763. The topological polar surface area (TPSA) is 97.0 Å². The summed E-state index contributed by atoms with van der Waals surface area (Å²) in [5, 5.41) is 19.8. The molecule has 1 saturated heterocycles. The number of carboxylic acid groups (broad SMARTS) is 1. The highest BCUT2D eigenvalue weighted by atomic mass is 32.1. The van der Waals surface area contributed by atoms with Crippen molar-refractivity contribution in [1.29, 1.82) is 0 Å². The van der Waals surface area contributed by atoms with Crippen LogP contribution in [0.3, 0.4) is 0 Å². The molecule has 1 fully saturated rings. The highest BCUT2D eigenvalue weighted by molar-refractivity contribution is 7.17. The molecule has 1 atom stereocenters. The fraction of sp³-hybridized carbons (Fsp3) is 0.438. The molecule has 0 amide bonds. The first-order valence-corrected chi connectivity index (χ1v) is 9.07. The van der Waals surface area contributed by atoms with E-state index in [1.54, 1.807) is 22.3 Å². The molecule has 0 radical (unpaired) electrons. The monoisotopic (exact) mass is 358 g/mol. The number of hydrogen-bond acceptors (Lipinski definition) is 7. The molecule has 4 rings (SSSR count). The van der Waals surface area contributed by atoms with Gasteiger partial charge in [-0.1, -0.05) is 5.21 Å². The lowest BCUT2D eigenvalue weighted by Gasteiger charge is -2.33. The summed E-state index contributed by atoms with van der Waals surface area (Å²) in [6.07, 6.45) is 5.27. The number of nitrogens with zero attached hydrogens (tertiary/aromatic N) is 6. The predicted molar refractivity (Wildman–Crippen MR) is 94.1 cm³/mol. The summed E-state index contributed by atoms with van der Waals surface area (Å²) in [6.45, 7) is 4.59. The van der Waals surface area contributed by atoms with Gasteiger partial charge in [-0.2, -0.15) is 0 Å². The number of rotatable bonds is 4. The first-order valence-electron chi connectivity index (χ1n) is 8.19. The van der Waals surface area contributed by atoms with Gasteiger partial charge in [0.25, 0.3) is 0 Å². The first-order chi connectivity index (χ1) is 12.1. The van der Waals surface area contributed by atoms with Crippen molar-refractivity contribution in [3.05, 3.63) is 29.2 Å². The first kappa shape index (κ1) is 15.9. The molecule has 0 bridgehead atoms. The van der Waals surface area contributed by atoms with E-state index in [0.717, 1.165) is 42.0 Å². The van der Waals surface area contributed by atoms with Crippen LogP contribution < -0.4 is 4.90 Å². The Balaban J connectivity index is 1.54. The molecule has 25 heavy (non-hydrogen) atoms. The molecule has 1 unspecified atom stereocenters. The van der Waals surface area contributed by atoms with E-state index < -0.39 is 5.97 Å². The second-order valence-electron chi connectivity index (χ2n) is 6.38. The third kappa shape index (κ3) is 3.07. The summed E-state index contributed by atoms with van der Waals surface area (Å²) in [5.41, 5.74) is 1.19. The summed E-state index contributed by atoms with van der Waals surface area (Å²) < 4.78 is 1.63. The minimum atomic E-state index is -1.05. The molecule has 0 saturated carbocycles. The molecular weight excluding hydrogens is 340 g/mol. The van der Waals surface area contributed by atoms with Crippen LogP contribution in [0.15, 0.2) is 17.9 Å². The molecule has 4 heterocycles. The highest BCUT2D eigenvalue weighted by Crippen LogP contribution is 2.33. The number of carboxylic acids is 1. The number of piperidine rings is 1. The normalized spacial score (nSPS) is 18.0. The number of fused-ring (bicyclic) bond motifs is 1. The molecule has 0 aliphatic carbocycles. The summed E-state index contributed by atoms with van der Waals surface area (Å²) in [5.74, 6) is 0.326. The highest BCUT2D eigenvalue weighted by Gasteiger charge is 2.24. The average molecular weight is 358 g/mol. The van der Waals surface area contributed by atoms with Crippen molar-refractivity contribution in [3.8, 4) is 0 Å². The Morgan fingerprint density at radius 3 is 3.12 bits per heavy atom. The number of anilines is 1. The van der Waals surface area contributed by atoms with Crippen molar-refractivity contribution in [2.75, 3.05) is 18.0 Å². The summed E-state index contributed by atoms with van der Waals surface area (Å²) >= 11 is 1.65. The minimum Gasteiger partial charge on any atom is -0.476 e. The van der Waals surface area contributed by atoms with Gasteiger partial charge in [-0.3, -0.25) is 4.68 Å². The van der Waals surface area contributed by atoms with Crippen LogP contribution in [0, 0.1) is 12.8 Å². The van der Waals surface area contributed by atoms with E-state index in [0.29, 0.717) is 12.5 Å². The number of aryl methyl sites for hydroxylation is 1. The van der Waals surface area contributed by atoms with Gasteiger partial charge in [0.2, 0.25) is 0 Å². The maximum absolute atomic E-state index is 10.9. The number of hydrogen-bond donors (Lipinski definition) is 1. The standard InChI is InChI=1S/C16H18N6O2S/c1-10-8-25-15-13(10)14(17-9-18-15)21-4-2-3-11(5-21)6-22-7-12(16(23)24)19-20-22/h7-9,11H,2-6H2,1H3,(H,23,24). The number of aromatic nitrogens is 5. The lowest BCUT2D eigenvalue weighted by atomic mass is 9.97. The van der Waals surface area contributed by atoms with Crippen LogP contribution in [-0.4, -0.2) is 49.1 Å². The van der Waals surface area contributed by atoms with Gasteiger partial charge in [-0.05, 0) is 36.6 Å². The third-order valence-electron chi connectivity index (χ3n) is 4.56. The molecule has 9 heteroatoms. The zero-order valence-corrected chi connectivity index (χ0v) is 14.6. The average Bonchev–Trinajstić information content (AvgIpc) is 3.22. The van der Waals surface area contributed by atoms with Gasteiger partial charge in [0.05, 0.1) is 11.6 Å². The van der Waals surface area contributed by atoms with Crippen LogP contribution in [0.5, 0.6) is 0 Å². The van der Waals surface area contributed by atoms with Crippen molar-refractivity contribution in [3.63, 3.8) is 0 Å². The van der Waals surface area contributed by atoms with Crippen molar-refractivity contribution < 1.29 is 9.90 Å². The molecule has 0 spiro atoms. The largest absolute Gasteiger partial charge is 0.476 e. The molecule has 1 aliphatic rings. The Labute approximate surface area is 148 Å². The molecule has 1 aliphatic heterocycles. The molecule has 3 aromatic heterocycles. The summed E-state index contributed by atoms with van der Waals surface area (Å²) in [7, 11) is 0. The smallest absolute Gasteiger partial charge is 0.358 e. The predicted octanol–water partition coefficient (Wildman–Crippen LogP) is 2.21. The van der Waals surface area contributed by atoms with Crippen LogP contribution in [-0.2, 0) is 6.54 Å². The Kier molecular flexibility index (Phi) is 4.08. The molecule has 0 aromatic carbocycles. The molecule has 3 aromatic rings. The fourth-order valence-electron chi connectivity index (χ4n) is 3.39. The van der Waals surface area contributed by atoms with Gasteiger partial charge in [0, 0.05) is 19.6 Å². The number of aromatic carboxylic acids is 1. The minimum absolute atomic E-state index is 0.0147. The molecule has 130 valence electrons. The lowest BCUT2D eigenvalue weighted by molar-refractivity contribution is 0.0690. The second-order valence-corrected chi connectivity index (χ2v) is 7.24. The maximum atomic E-state index is 10.9. The van der Waals surface area contributed by atoms with Gasteiger partial charge < -0.3 is 10.0 Å². The van der Waals surface area contributed by atoms with Gasteiger partial charge in [-0.25, -0.2) is 14.8 Å². The summed E-state index contributed by atoms with van der Waals surface area (Å²) in [4.78, 5) is 23.2. The van der Waals surface area contributed by atoms with E-state index in [2.05, 4.69) is 37.5 Å². The summed E-state index contributed by atoms with van der Waals surface area (Å²) in [6, 6.07) is 0. The van der Waals surface area contributed by atoms with Crippen LogP contribution in [0.2, 0.25) is 0 Å². The van der Waals surface area contributed by atoms with Crippen molar-refractivity contribution in [2.45, 2.75) is 26.3 Å². The zero-order valence-electron chi connectivity index (χ0n) is 13.8. The lowest BCUT2D eigenvalue weighted by Crippen LogP contribution is -2.37. The Hall–Kier alpha value is -2.55. The van der Waals surface area contributed by atoms with Crippen LogP contribution in [0.1, 0.15) is 28.9 Å². The van der Waals surface area contributed by atoms with Gasteiger partial charge in [-0.15, -0.1) is 16.4 Å². The van der Waals surface area contributed by atoms with Crippen molar-refractivity contribution >= 4 is 33.3 Å². The van der Waals surface area contributed by atoms with Gasteiger partial charge in [0.1, 0.15) is 17.0 Å². The number of thiophene rings is 1. The second kappa shape index (κ2) is 6.40. The van der Waals surface area contributed by atoms with E-state index >= 15 is 0 Å². The third-order valence-corrected chi connectivity index (χ3v) is 5.56. The van der Waals surface area contributed by atoms with Crippen LogP contribution in [0.4, 0.5) is 5.82 Å². The van der Waals surface area contributed by atoms with Crippen LogP contribution >= 0.6 is 11.3 Å².